The van der Waals surface area contributed by atoms with Crippen LogP contribution in [0.4, 0.5) is 0 Å². The van der Waals surface area contributed by atoms with Crippen LogP contribution in [0.25, 0.3) is 5.76 Å². The number of phenolic OH excluding ortho intramolecular Hbond substituents is 1. The highest BCUT2D eigenvalue weighted by atomic mass is 16.5. The van der Waals surface area contributed by atoms with Crippen molar-refractivity contribution in [1.29, 1.82) is 0 Å². The van der Waals surface area contributed by atoms with E-state index >= 15 is 0 Å². The van der Waals surface area contributed by atoms with E-state index in [2.05, 4.69) is 0 Å². The summed E-state index contributed by atoms with van der Waals surface area (Å²) in [6, 6.07) is 10.7. The average molecular weight is 426 g/mol. The third-order valence-corrected chi connectivity index (χ3v) is 5.49. The lowest BCUT2D eigenvalue weighted by Crippen LogP contribution is -3.05. The Labute approximate surface area is 182 Å². The van der Waals surface area contributed by atoms with E-state index in [4.69, 9.17) is 4.74 Å². The summed E-state index contributed by atoms with van der Waals surface area (Å²) < 4.78 is 5.27. The van der Waals surface area contributed by atoms with E-state index < -0.39 is 17.7 Å². The summed E-state index contributed by atoms with van der Waals surface area (Å²) >= 11 is 0. The Hall–Kier alpha value is -3.32. The van der Waals surface area contributed by atoms with Gasteiger partial charge < -0.3 is 24.7 Å². The van der Waals surface area contributed by atoms with Crippen LogP contribution < -0.4 is 9.64 Å². The minimum Gasteiger partial charge on any atom is -0.508 e. The average Bonchev–Trinajstić information content (AvgIpc) is 2.98. The number of aromatic hydroxyl groups is 1. The second-order valence-corrected chi connectivity index (χ2v) is 8.08. The van der Waals surface area contributed by atoms with Crippen LogP contribution >= 0.6 is 0 Å². The summed E-state index contributed by atoms with van der Waals surface area (Å²) in [5.74, 6) is -0.802. The van der Waals surface area contributed by atoms with Crippen LogP contribution in [-0.2, 0) is 9.59 Å². The van der Waals surface area contributed by atoms with Crippen molar-refractivity contribution >= 4 is 17.4 Å². The van der Waals surface area contributed by atoms with Gasteiger partial charge in [0.1, 0.15) is 17.3 Å². The molecule has 1 saturated heterocycles. The van der Waals surface area contributed by atoms with Crippen LogP contribution in [-0.4, -0.2) is 61.1 Å². The fraction of sp³-hybridized carbons (Fsp3) is 0.333. The molecule has 1 aliphatic rings. The van der Waals surface area contributed by atoms with Crippen LogP contribution in [0, 0.1) is 6.92 Å². The molecule has 2 aromatic carbocycles. The summed E-state index contributed by atoms with van der Waals surface area (Å²) in [5, 5.41) is 20.8. The van der Waals surface area contributed by atoms with Gasteiger partial charge in [0.25, 0.3) is 11.7 Å². The first-order valence-corrected chi connectivity index (χ1v) is 10.3. The summed E-state index contributed by atoms with van der Waals surface area (Å²) in [6.07, 6.45) is 0.714. The van der Waals surface area contributed by atoms with E-state index in [0.717, 1.165) is 12.1 Å². The molecule has 7 heteroatoms. The molecule has 1 amide bonds. The number of carbonyl (C=O) groups excluding carboxylic acids is 2. The van der Waals surface area contributed by atoms with Crippen LogP contribution in [0.2, 0.25) is 0 Å². The number of Topliss-reactive ketones (excluding diaryl/α,β-unsaturated/α-hetero) is 1. The van der Waals surface area contributed by atoms with Gasteiger partial charge in [-0.25, -0.2) is 0 Å². The van der Waals surface area contributed by atoms with Gasteiger partial charge in [0.05, 0.1) is 39.4 Å². The maximum absolute atomic E-state index is 13.0. The Morgan fingerprint density at radius 3 is 2.39 bits per heavy atom. The number of aryl methyl sites for hydroxylation is 1. The zero-order valence-corrected chi connectivity index (χ0v) is 18.3. The van der Waals surface area contributed by atoms with Crippen LogP contribution in [0.15, 0.2) is 48.0 Å². The summed E-state index contributed by atoms with van der Waals surface area (Å²) in [6.45, 7) is 3.07. The lowest BCUT2D eigenvalue weighted by Gasteiger charge is -2.25. The van der Waals surface area contributed by atoms with Gasteiger partial charge in [-0.05, 0) is 48.4 Å². The van der Waals surface area contributed by atoms with Gasteiger partial charge in [0.2, 0.25) is 0 Å². The predicted octanol–water partition coefficient (Wildman–Crippen LogP) is 1.67. The summed E-state index contributed by atoms with van der Waals surface area (Å²) in [5.41, 5.74) is 1.95. The molecule has 1 heterocycles. The first-order chi connectivity index (χ1) is 14.7. The van der Waals surface area contributed by atoms with Crippen molar-refractivity contribution in [2.45, 2.75) is 19.4 Å². The van der Waals surface area contributed by atoms with E-state index in [1.807, 2.05) is 21.0 Å². The van der Waals surface area contributed by atoms with Gasteiger partial charge >= 0.3 is 0 Å². The zero-order chi connectivity index (χ0) is 22.7. The quantitative estimate of drug-likeness (QED) is 0.357. The van der Waals surface area contributed by atoms with Crippen molar-refractivity contribution < 1.29 is 29.4 Å². The van der Waals surface area contributed by atoms with Crippen molar-refractivity contribution in [3.8, 4) is 11.5 Å². The number of hydrogen-bond acceptors (Lipinski definition) is 5. The predicted molar refractivity (Wildman–Crippen MR) is 117 cm³/mol. The smallest absolute Gasteiger partial charge is 0.295 e. The molecular weight excluding hydrogens is 396 g/mol. The molecule has 0 saturated carbocycles. The Morgan fingerprint density at radius 2 is 1.81 bits per heavy atom. The van der Waals surface area contributed by atoms with E-state index in [-0.39, 0.29) is 17.1 Å². The van der Waals surface area contributed by atoms with Gasteiger partial charge in [0, 0.05) is 18.5 Å². The van der Waals surface area contributed by atoms with Crippen molar-refractivity contribution in [2.75, 3.05) is 34.3 Å². The number of nitrogens with zero attached hydrogens (tertiary/aromatic N) is 1. The van der Waals surface area contributed by atoms with E-state index in [0.29, 0.717) is 29.8 Å². The zero-order valence-electron chi connectivity index (χ0n) is 18.3. The van der Waals surface area contributed by atoms with Gasteiger partial charge in [0.15, 0.2) is 0 Å². The second kappa shape index (κ2) is 9.22. The number of phenols is 1. The highest BCUT2D eigenvalue weighted by Crippen LogP contribution is 2.40. The van der Waals surface area contributed by atoms with Crippen LogP contribution in [0.1, 0.15) is 29.2 Å². The normalized spacial score (nSPS) is 18.1. The molecule has 7 nitrogen and oxygen atoms in total. The molecule has 164 valence electrons. The number of likely N-dealkylation sites (tertiary alicyclic amines) is 1. The number of benzene rings is 2. The van der Waals surface area contributed by atoms with Gasteiger partial charge in [-0.1, -0.05) is 12.1 Å². The molecule has 3 rings (SSSR count). The van der Waals surface area contributed by atoms with E-state index in [1.165, 1.54) is 21.9 Å². The summed E-state index contributed by atoms with van der Waals surface area (Å²) in [7, 11) is 5.61. The number of aliphatic hydroxyl groups excluding tert-OH is 1. The largest absolute Gasteiger partial charge is 0.508 e. The van der Waals surface area contributed by atoms with Gasteiger partial charge in [-0.15, -0.1) is 0 Å². The highest BCUT2D eigenvalue weighted by Gasteiger charge is 2.45. The number of amides is 1. The van der Waals surface area contributed by atoms with Crippen molar-refractivity contribution in [1.82, 2.24) is 4.90 Å². The molecule has 31 heavy (non-hydrogen) atoms. The molecule has 1 atom stereocenters. The monoisotopic (exact) mass is 425 g/mol. The number of nitrogens with one attached hydrogen (secondary N) is 1. The number of ether oxygens (including phenoxy) is 1. The molecule has 2 aromatic rings. The lowest BCUT2D eigenvalue weighted by molar-refractivity contribution is -0.858. The number of ketones is 1. The standard InChI is InChI=1S/C24H28N2O5/c1-15-14-17(8-11-19(15)31-4)22(28)20-21(16-6-9-18(27)10-7-16)26(24(30)23(20)29)13-5-12-25(2)3/h6-11,14,21,27-28H,5,12-13H2,1-4H3/p+1/t21-/m1/s1. The minimum absolute atomic E-state index is 0.0532. The van der Waals surface area contributed by atoms with Gasteiger partial charge in [-0.2, -0.15) is 0 Å². The third kappa shape index (κ3) is 4.56. The second-order valence-electron chi connectivity index (χ2n) is 8.08. The Balaban J connectivity index is 2.10. The molecule has 0 bridgehead atoms. The molecule has 0 aliphatic carbocycles. The number of quaternary nitrogens is 1. The van der Waals surface area contributed by atoms with E-state index in [9.17, 15) is 19.8 Å². The highest BCUT2D eigenvalue weighted by molar-refractivity contribution is 6.46. The number of rotatable bonds is 7. The molecule has 0 aromatic heterocycles. The van der Waals surface area contributed by atoms with E-state index in [1.54, 1.807) is 37.4 Å². The Morgan fingerprint density at radius 1 is 1.13 bits per heavy atom. The Kier molecular flexibility index (Phi) is 6.65. The SMILES string of the molecule is COc1ccc(C(O)=C2C(=O)C(=O)N(CCC[NH+](C)C)[C@@H]2c2ccc(O)cc2)cc1C. The molecule has 1 aliphatic heterocycles. The maximum atomic E-state index is 13.0. The molecule has 0 radical (unpaired) electrons. The van der Waals surface area contributed by atoms with Crippen molar-refractivity contribution in [3.05, 3.63) is 64.7 Å². The van der Waals surface area contributed by atoms with Gasteiger partial charge in [-0.3, -0.25) is 9.59 Å². The molecule has 0 spiro atoms. The third-order valence-electron chi connectivity index (χ3n) is 5.49. The molecule has 0 unspecified atom stereocenters. The van der Waals surface area contributed by atoms with Crippen molar-refractivity contribution in [3.63, 3.8) is 0 Å². The van der Waals surface area contributed by atoms with Crippen molar-refractivity contribution in [2.24, 2.45) is 0 Å². The minimum atomic E-state index is -0.722. The first kappa shape index (κ1) is 22.4. The number of aliphatic hydroxyl groups is 1. The summed E-state index contributed by atoms with van der Waals surface area (Å²) in [4.78, 5) is 28.7. The molecule has 3 N–H and O–H groups in total. The maximum Gasteiger partial charge on any atom is 0.295 e. The van der Waals surface area contributed by atoms with Crippen LogP contribution in [0.5, 0.6) is 11.5 Å². The number of hydrogen-bond donors (Lipinski definition) is 3. The van der Waals surface area contributed by atoms with Crippen LogP contribution in [0.3, 0.4) is 0 Å². The first-order valence-electron chi connectivity index (χ1n) is 10.3. The fourth-order valence-electron chi connectivity index (χ4n) is 3.90. The number of carbonyl (C=O) groups is 2. The molecule has 1 fully saturated rings. The molecular formula is C24H29N2O5+. The Bertz CT molecular complexity index is 1010. The fourth-order valence-corrected chi connectivity index (χ4v) is 3.90. The lowest BCUT2D eigenvalue weighted by atomic mass is 9.94. The topological polar surface area (TPSA) is 91.5 Å². The number of methoxy groups -OCH3 is 1.